The van der Waals surface area contributed by atoms with Crippen LogP contribution in [0.15, 0.2) is 24.3 Å². The summed E-state index contributed by atoms with van der Waals surface area (Å²) in [5.41, 5.74) is 1.10. The van der Waals surface area contributed by atoms with Gasteiger partial charge < -0.3 is 4.90 Å². The number of piperazine rings is 1. The molecule has 1 aliphatic heterocycles. The van der Waals surface area contributed by atoms with Gasteiger partial charge in [0, 0.05) is 26.2 Å². The van der Waals surface area contributed by atoms with E-state index >= 15 is 0 Å². The molecule has 148 valence electrons. The maximum atomic E-state index is 4.83. The second-order valence-corrected chi connectivity index (χ2v) is 8.84. The fourth-order valence-electron chi connectivity index (χ4n) is 4.65. The van der Waals surface area contributed by atoms with Crippen molar-refractivity contribution in [3.05, 3.63) is 30.1 Å². The molecule has 2 aromatic heterocycles. The molecule has 1 saturated heterocycles. The van der Waals surface area contributed by atoms with Gasteiger partial charge in [-0.25, -0.2) is 9.67 Å². The lowest BCUT2D eigenvalue weighted by molar-refractivity contribution is 0.166. The quantitative estimate of drug-likeness (QED) is 0.655. The smallest absolute Gasteiger partial charge is 0.186 e. The van der Waals surface area contributed by atoms with Crippen LogP contribution in [0.4, 0.5) is 5.13 Å². The number of benzene rings is 1. The Kier molecular flexibility index (Phi) is 4.98. The molecule has 3 heterocycles. The third-order valence-corrected chi connectivity index (χ3v) is 7.28. The van der Waals surface area contributed by atoms with E-state index in [9.17, 15) is 0 Å². The number of nitrogens with zero attached hydrogens (tertiary/aromatic N) is 7. The van der Waals surface area contributed by atoms with Crippen molar-refractivity contribution < 1.29 is 0 Å². The standard InChI is InChI=1S/C20H27N7S/c1-2-17(19-22-23-24-27(19)15-7-3-4-8-15)25-11-13-26(14-12-25)20-21-16-9-5-6-10-18(16)28-20/h5-6,9-10,15,17H,2-4,7-8,11-14H2,1H3/t17-/m1/s1. The SMILES string of the molecule is CC[C@H](c1nnnn1C1CCCC1)N1CCN(c2nc3ccccc3s2)CC1. The first-order valence-electron chi connectivity index (χ1n) is 10.5. The third-order valence-electron chi connectivity index (χ3n) is 6.18. The summed E-state index contributed by atoms with van der Waals surface area (Å²) in [4.78, 5) is 9.81. The van der Waals surface area contributed by atoms with Crippen LogP contribution in [0.3, 0.4) is 0 Å². The van der Waals surface area contributed by atoms with Crippen LogP contribution >= 0.6 is 11.3 Å². The Morgan fingerprint density at radius 1 is 1.11 bits per heavy atom. The van der Waals surface area contributed by atoms with Crippen LogP contribution in [0.5, 0.6) is 0 Å². The molecule has 28 heavy (non-hydrogen) atoms. The molecule has 1 aliphatic carbocycles. The van der Waals surface area contributed by atoms with Gasteiger partial charge in [0.15, 0.2) is 11.0 Å². The van der Waals surface area contributed by atoms with Crippen molar-refractivity contribution in [3.8, 4) is 0 Å². The third kappa shape index (κ3) is 3.28. The van der Waals surface area contributed by atoms with Crippen LogP contribution in [0.25, 0.3) is 10.2 Å². The topological polar surface area (TPSA) is 63.0 Å². The monoisotopic (exact) mass is 397 g/mol. The Labute approximate surface area is 169 Å². The molecule has 5 rings (SSSR count). The van der Waals surface area contributed by atoms with Crippen molar-refractivity contribution >= 4 is 26.7 Å². The van der Waals surface area contributed by atoms with E-state index in [4.69, 9.17) is 4.98 Å². The fourth-order valence-corrected chi connectivity index (χ4v) is 5.67. The minimum Gasteiger partial charge on any atom is -0.345 e. The van der Waals surface area contributed by atoms with Crippen LogP contribution in [0, 0.1) is 0 Å². The molecule has 0 amide bonds. The molecule has 3 aromatic rings. The van der Waals surface area contributed by atoms with Gasteiger partial charge in [-0.1, -0.05) is 43.2 Å². The van der Waals surface area contributed by atoms with Crippen LogP contribution < -0.4 is 4.90 Å². The molecule has 0 unspecified atom stereocenters. The maximum absolute atomic E-state index is 4.83. The molecule has 1 saturated carbocycles. The maximum Gasteiger partial charge on any atom is 0.186 e. The number of aromatic nitrogens is 5. The molecule has 0 N–H and O–H groups in total. The predicted octanol–water partition coefficient (Wildman–Crippen LogP) is 3.67. The van der Waals surface area contributed by atoms with E-state index in [1.54, 1.807) is 11.3 Å². The highest BCUT2D eigenvalue weighted by molar-refractivity contribution is 7.22. The summed E-state index contributed by atoms with van der Waals surface area (Å²) < 4.78 is 3.39. The lowest BCUT2D eigenvalue weighted by Crippen LogP contribution is -2.48. The van der Waals surface area contributed by atoms with E-state index in [0.29, 0.717) is 12.1 Å². The van der Waals surface area contributed by atoms with Gasteiger partial charge in [-0.3, -0.25) is 4.90 Å². The Morgan fingerprint density at radius 3 is 2.64 bits per heavy atom. The van der Waals surface area contributed by atoms with Gasteiger partial charge in [0.2, 0.25) is 0 Å². The van der Waals surface area contributed by atoms with Gasteiger partial charge in [0.1, 0.15) is 0 Å². The normalized spacial score (nSPS) is 20.2. The summed E-state index contributed by atoms with van der Waals surface area (Å²) in [5.74, 6) is 1.06. The lowest BCUT2D eigenvalue weighted by Gasteiger charge is -2.38. The van der Waals surface area contributed by atoms with Crippen molar-refractivity contribution in [3.63, 3.8) is 0 Å². The summed E-state index contributed by atoms with van der Waals surface area (Å²) in [5, 5.41) is 14.0. The molecular weight excluding hydrogens is 370 g/mol. The molecule has 2 fully saturated rings. The van der Waals surface area contributed by atoms with E-state index in [-0.39, 0.29) is 0 Å². The highest BCUT2D eigenvalue weighted by Crippen LogP contribution is 2.34. The van der Waals surface area contributed by atoms with Crippen LogP contribution in [0.1, 0.15) is 56.9 Å². The van der Waals surface area contributed by atoms with Crippen molar-refractivity contribution in [2.24, 2.45) is 0 Å². The minimum atomic E-state index is 0.299. The van der Waals surface area contributed by atoms with Gasteiger partial charge >= 0.3 is 0 Å². The average Bonchev–Trinajstić information content (AvgIpc) is 3.48. The van der Waals surface area contributed by atoms with Gasteiger partial charge in [-0.2, -0.15) is 0 Å². The van der Waals surface area contributed by atoms with Gasteiger partial charge in [0.05, 0.1) is 22.3 Å². The lowest BCUT2D eigenvalue weighted by atomic mass is 10.1. The summed E-state index contributed by atoms with van der Waals surface area (Å²) in [7, 11) is 0. The number of hydrogen-bond acceptors (Lipinski definition) is 7. The largest absolute Gasteiger partial charge is 0.345 e. The molecule has 1 aromatic carbocycles. The van der Waals surface area contributed by atoms with Gasteiger partial charge in [-0.05, 0) is 41.8 Å². The average molecular weight is 398 g/mol. The Bertz CT molecular complexity index is 888. The number of tetrazole rings is 1. The second-order valence-electron chi connectivity index (χ2n) is 7.83. The molecular formula is C20H27N7S. The first-order chi connectivity index (χ1) is 13.8. The van der Waals surface area contributed by atoms with Crippen LogP contribution in [-0.4, -0.2) is 56.3 Å². The summed E-state index contributed by atoms with van der Waals surface area (Å²) >= 11 is 1.80. The number of hydrogen-bond donors (Lipinski definition) is 0. The number of thiazole rings is 1. The molecule has 8 heteroatoms. The van der Waals surface area contributed by atoms with Crippen molar-refractivity contribution in [1.29, 1.82) is 0 Å². The molecule has 0 spiro atoms. The number of para-hydroxylation sites is 1. The Balaban J connectivity index is 1.29. The van der Waals surface area contributed by atoms with E-state index in [2.05, 4.69) is 61.2 Å². The number of fused-ring (bicyclic) bond motifs is 1. The van der Waals surface area contributed by atoms with Crippen LogP contribution in [-0.2, 0) is 0 Å². The zero-order chi connectivity index (χ0) is 18.9. The fraction of sp³-hybridized carbons (Fsp3) is 0.600. The van der Waals surface area contributed by atoms with Crippen molar-refractivity contribution in [2.45, 2.75) is 51.1 Å². The first-order valence-corrected chi connectivity index (χ1v) is 11.3. The Morgan fingerprint density at radius 2 is 1.89 bits per heavy atom. The van der Waals surface area contributed by atoms with Crippen molar-refractivity contribution in [1.82, 2.24) is 30.1 Å². The van der Waals surface area contributed by atoms with E-state index in [1.165, 1.54) is 30.4 Å². The highest BCUT2D eigenvalue weighted by atomic mass is 32.1. The predicted molar refractivity (Wildman–Crippen MR) is 112 cm³/mol. The molecule has 0 bridgehead atoms. The number of rotatable bonds is 5. The van der Waals surface area contributed by atoms with E-state index in [0.717, 1.165) is 49.1 Å². The summed E-state index contributed by atoms with van der Waals surface area (Å²) in [6.45, 7) is 6.29. The summed E-state index contributed by atoms with van der Waals surface area (Å²) in [6.07, 6.45) is 6.04. The minimum absolute atomic E-state index is 0.299. The molecule has 7 nitrogen and oxygen atoms in total. The van der Waals surface area contributed by atoms with Gasteiger partial charge in [-0.15, -0.1) is 5.10 Å². The number of anilines is 1. The second kappa shape index (κ2) is 7.75. The molecule has 2 aliphatic rings. The van der Waals surface area contributed by atoms with E-state index in [1.807, 2.05) is 0 Å². The zero-order valence-electron chi connectivity index (χ0n) is 16.4. The zero-order valence-corrected chi connectivity index (χ0v) is 17.2. The highest BCUT2D eigenvalue weighted by Gasteiger charge is 2.31. The summed E-state index contributed by atoms with van der Waals surface area (Å²) in [6, 6.07) is 9.19. The van der Waals surface area contributed by atoms with Crippen molar-refractivity contribution in [2.75, 3.05) is 31.1 Å². The van der Waals surface area contributed by atoms with Crippen LogP contribution in [0.2, 0.25) is 0 Å². The first kappa shape index (κ1) is 18.0. The molecule has 0 radical (unpaired) electrons. The van der Waals surface area contributed by atoms with Gasteiger partial charge in [0.25, 0.3) is 0 Å². The van der Waals surface area contributed by atoms with E-state index < -0.39 is 0 Å². The Hall–Kier alpha value is -2.06. The molecule has 1 atom stereocenters.